The largest absolute Gasteiger partial charge is 0.493 e. The molecule has 2 amide bonds. The highest BCUT2D eigenvalue weighted by Crippen LogP contribution is 2.38. The quantitative estimate of drug-likeness (QED) is 0.276. The van der Waals surface area contributed by atoms with Gasteiger partial charge in [0, 0.05) is 42.8 Å². The number of nitrogens with zero attached hydrogens (tertiary/aromatic N) is 2. The van der Waals surface area contributed by atoms with E-state index in [0.717, 1.165) is 22.4 Å². The summed E-state index contributed by atoms with van der Waals surface area (Å²) in [6, 6.07) is 18.4. The first-order valence-electron chi connectivity index (χ1n) is 13.8. The molecule has 1 saturated heterocycles. The maximum atomic E-state index is 13.5. The Labute approximate surface area is 252 Å². The molecule has 8 nitrogen and oxygen atoms in total. The monoisotopic (exact) mass is 592 g/mol. The van der Waals surface area contributed by atoms with Crippen LogP contribution in [0.2, 0.25) is 5.02 Å². The molecule has 0 atom stereocenters. The summed E-state index contributed by atoms with van der Waals surface area (Å²) in [5.74, 6) is 2.15. The highest BCUT2D eigenvalue weighted by Gasteiger charge is 2.26. The van der Waals surface area contributed by atoms with E-state index in [-0.39, 0.29) is 11.8 Å². The minimum Gasteiger partial charge on any atom is -0.493 e. The van der Waals surface area contributed by atoms with Crippen LogP contribution in [0.25, 0.3) is 5.57 Å². The van der Waals surface area contributed by atoms with Crippen molar-refractivity contribution in [1.29, 1.82) is 0 Å². The van der Waals surface area contributed by atoms with Gasteiger partial charge < -0.3 is 28.7 Å². The topological polar surface area (TPSA) is 77.5 Å². The van der Waals surface area contributed by atoms with E-state index in [2.05, 4.69) is 13.8 Å². The highest BCUT2D eigenvalue weighted by molar-refractivity contribution is 6.30. The minimum absolute atomic E-state index is 0.125. The third-order valence-corrected chi connectivity index (χ3v) is 7.21. The van der Waals surface area contributed by atoms with E-state index in [4.69, 9.17) is 30.5 Å². The van der Waals surface area contributed by atoms with Crippen LogP contribution in [0.3, 0.4) is 0 Å². The van der Waals surface area contributed by atoms with Crippen molar-refractivity contribution in [2.45, 2.75) is 13.8 Å². The third kappa shape index (κ3) is 7.36. The number of amides is 2. The fourth-order valence-corrected chi connectivity index (χ4v) is 4.81. The Kier molecular flexibility index (Phi) is 10.4. The molecule has 9 heteroatoms. The summed E-state index contributed by atoms with van der Waals surface area (Å²) in [4.78, 5) is 30.3. The fraction of sp³-hybridized carbons (Fsp3) is 0.333. The van der Waals surface area contributed by atoms with Gasteiger partial charge in [0.05, 0.1) is 27.9 Å². The average molecular weight is 593 g/mol. The van der Waals surface area contributed by atoms with E-state index in [0.29, 0.717) is 66.5 Å². The van der Waals surface area contributed by atoms with Gasteiger partial charge in [-0.25, -0.2) is 0 Å². The molecule has 1 fully saturated rings. The SMILES string of the molecule is COc1cc(C(=O)N2CCN(C(=O)/C=C(/c3ccc(Cl)cc3)c3ccc(OCC(C)C)cc3)CC2)cc(OC)c1OC. The molecule has 1 aliphatic heterocycles. The summed E-state index contributed by atoms with van der Waals surface area (Å²) in [7, 11) is 4.54. The van der Waals surface area contributed by atoms with Crippen molar-refractivity contribution >= 4 is 29.0 Å². The average Bonchev–Trinajstić information content (AvgIpc) is 3.02. The van der Waals surface area contributed by atoms with Crippen LogP contribution in [-0.2, 0) is 4.79 Å². The predicted molar refractivity (Wildman–Crippen MR) is 164 cm³/mol. The lowest BCUT2D eigenvalue weighted by Crippen LogP contribution is -2.50. The Bertz CT molecular complexity index is 1390. The number of piperazine rings is 1. The molecule has 4 rings (SSSR count). The van der Waals surface area contributed by atoms with Crippen molar-refractivity contribution in [2.24, 2.45) is 5.92 Å². The Hall–Kier alpha value is -4.17. The molecule has 0 aromatic heterocycles. The number of carbonyl (C=O) groups is 2. The lowest BCUT2D eigenvalue weighted by atomic mass is 9.97. The third-order valence-electron chi connectivity index (χ3n) is 6.96. The van der Waals surface area contributed by atoms with Gasteiger partial charge in [0.15, 0.2) is 11.5 Å². The van der Waals surface area contributed by atoms with Gasteiger partial charge in [0.1, 0.15) is 5.75 Å². The van der Waals surface area contributed by atoms with Crippen molar-refractivity contribution in [3.63, 3.8) is 0 Å². The van der Waals surface area contributed by atoms with Crippen molar-refractivity contribution in [3.8, 4) is 23.0 Å². The first-order valence-corrected chi connectivity index (χ1v) is 14.2. The van der Waals surface area contributed by atoms with E-state index >= 15 is 0 Å². The van der Waals surface area contributed by atoms with Crippen molar-refractivity contribution in [2.75, 3.05) is 54.1 Å². The summed E-state index contributed by atoms with van der Waals surface area (Å²) in [6.45, 7) is 6.43. The molecule has 0 saturated carbocycles. The van der Waals surface area contributed by atoms with Gasteiger partial charge in [-0.05, 0) is 59.0 Å². The second-order valence-electron chi connectivity index (χ2n) is 10.3. The van der Waals surface area contributed by atoms with E-state index in [1.165, 1.54) is 21.3 Å². The second-order valence-corrected chi connectivity index (χ2v) is 10.8. The zero-order valence-electron chi connectivity index (χ0n) is 24.7. The molecule has 0 unspecified atom stereocenters. The van der Waals surface area contributed by atoms with Gasteiger partial charge in [0.2, 0.25) is 11.7 Å². The summed E-state index contributed by atoms with van der Waals surface area (Å²) in [5.41, 5.74) is 2.97. The fourth-order valence-electron chi connectivity index (χ4n) is 4.69. The lowest BCUT2D eigenvalue weighted by Gasteiger charge is -2.34. The number of rotatable bonds is 10. The van der Waals surface area contributed by atoms with Gasteiger partial charge in [-0.1, -0.05) is 49.7 Å². The molecular weight excluding hydrogens is 556 g/mol. The Morgan fingerprint density at radius 2 is 1.31 bits per heavy atom. The zero-order chi connectivity index (χ0) is 30.2. The van der Waals surface area contributed by atoms with Crippen LogP contribution in [0.4, 0.5) is 0 Å². The number of carbonyl (C=O) groups excluding carboxylic acids is 2. The number of benzene rings is 3. The molecule has 0 bridgehead atoms. The summed E-state index contributed by atoms with van der Waals surface area (Å²) < 4.78 is 22.0. The summed E-state index contributed by atoms with van der Waals surface area (Å²) in [6.07, 6.45) is 1.66. The lowest BCUT2D eigenvalue weighted by molar-refractivity contribution is -0.127. The number of hydrogen-bond donors (Lipinski definition) is 0. The molecule has 1 heterocycles. The standard InChI is InChI=1S/C33H37ClN2O6/c1-22(2)21-42-27-12-8-24(9-13-27)28(23-6-10-26(34)11-7-23)20-31(37)35-14-16-36(17-15-35)33(38)25-18-29(39-3)32(41-5)30(19-25)40-4/h6-13,18-20,22H,14-17,21H2,1-5H3/b28-20-. The highest BCUT2D eigenvalue weighted by atomic mass is 35.5. The number of ether oxygens (including phenoxy) is 4. The van der Waals surface area contributed by atoms with Crippen LogP contribution < -0.4 is 18.9 Å². The van der Waals surface area contributed by atoms with Crippen LogP contribution >= 0.6 is 11.6 Å². The molecule has 3 aromatic rings. The number of hydrogen-bond acceptors (Lipinski definition) is 6. The van der Waals surface area contributed by atoms with Crippen LogP contribution in [0, 0.1) is 5.92 Å². The van der Waals surface area contributed by atoms with Crippen molar-refractivity contribution in [1.82, 2.24) is 9.80 Å². The van der Waals surface area contributed by atoms with E-state index in [1.54, 1.807) is 28.0 Å². The van der Waals surface area contributed by atoms with Gasteiger partial charge in [-0.15, -0.1) is 0 Å². The smallest absolute Gasteiger partial charge is 0.254 e. The van der Waals surface area contributed by atoms with Gasteiger partial charge in [-0.2, -0.15) is 0 Å². The molecule has 222 valence electrons. The van der Waals surface area contributed by atoms with Gasteiger partial charge in [-0.3, -0.25) is 9.59 Å². The maximum absolute atomic E-state index is 13.5. The first kappa shape index (κ1) is 30.8. The van der Waals surface area contributed by atoms with Gasteiger partial charge in [0.25, 0.3) is 5.91 Å². The Morgan fingerprint density at radius 1 is 0.786 bits per heavy atom. The summed E-state index contributed by atoms with van der Waals surface area (Å²) in [5, 5.41) is 0.620. The number of halogens is 1. The molecule has 0 aliphatic carbocycles. The molecule has 0 radical (unpaired) electrons. The second kappa shape index (κ2) is 14.1. The van der Waals surface area contributed by atoms with Crippen molar-refractivity contribution in [3.05, 3.63) is 88.5 Å². The molecule has 0 N–H and O–H groups in total. The minimum atomic E-state index is -0.168. The van der Waals surface area contributed by atoms with E-state index < -0.39 is 0 Å². The van der Waals surface area contributed by atoms with Crippen LogP contribution in [0.1, 0.15) is 35.3 Å². The maximum Gasteiger partial charge on any atom is 0.254 e. The molecule has 0 spiro atoms. The summed E-state index contributed by atoms with van der Waals surface area (Å²) >= 11 is 6.14. The molecule has 1 aliphatic rings. The van der Waals surface area contributed by atoms with Gasteiger partial charge >= 0.3 is 0 Å². The number of methoxy groups -OCH3 is 3. The zero-order valence-corrected chi connectivity index (χ0v) is 25.4. The molecular formula is C33H37ClN2O6. The van der Waals surface area contributed by atoms with E-state index in [9.17, 15) is 9.59 Å². The Balaban J connectivity index is 1.50. The first-order chi connectivity index (χ1) is 20.2. The van der Waals surface area contributed by atoms with E-state index in [1.807, 2.05) is 48.5 Å². The van der Waals surface area contributed by atoms with Crippen LogP contribution in [0.5, 0.6) is 23.0 Å². The van der Waals surface area contributed by atoms with Crippen LogP contribution in [-0.4, -0.2) is 75.7 Å². The van der Waals surface area contributed by atoms with Crippen LogP contribution in [0.15, 0.2) is 66.7 Å². The predicted octanol–water partition coefficient (Wildman–Crippen LogP) is 5.82. The molecule has 3 aromatic carbocycles. The normalized spacial score (nSPS) is 13.6. The Morgan fingerprint density at radius 3 is 1.81 bits per heavy atom. The molecule has 42 heavy (non-hydrogen) atoms. The van der Waals surface area contributed by atoms with Crippen molar-refractivity contribution < 1.29 is 28.5 Å².